The van der Waals surface area contributed by atoms with E-state index in [0.717, 1.165) is 47.5 Å². The molecule has 0 spiro atoms. The van der Waals surface area contributed by atoms with E-state index in [1.54, 1.807) is 11.8 Å². The molecule has 0 amide bonds. The maximum atomic E-state index is 12.5. The number of anilines is 2. The Morgan fingerprint density at radius 2 is 1.64 bits per heavy atom. The number of benzene rings is 2. The standard InChI is InChI=1S/C25H33N5OS2/c1-30(2)24-22-6-4-5-7-23(22)28-25(29-24)26-16-18-8-10-19(11-9-18)17-27-33(31)21-14-12-20(32-3)13-15-21/h4-7,12-15,18-19,27H,8-11,16-17H2,1-3H3,(H,26,28,29). The Kier molecular flexibility index (Phi) is 8.22. The predicted molar refractivity (Wildman–Crippen MR) is 140 cm³/mol. The summed E-state index contributed by atoms with van der Waals surface area (Å²) in [7, 11) is 2.89. The summed E-state index contributed by atoms with van der Waals surface area (Å²) in [5.74, 6) is 2.83. The summed E-state index contributed by atoms with van der Waals surface area (Å²) >= 11 is 1.70. The summed E-state index contributed by atoms with van der Waals surface area (Å²) in [6.07, 6.45) is 6.70. The van der Waals surface area contributed by atoms with E-state index in [9.17, 15) is 4.21 Å². The van der Waals surface area contributed by atoms with Gasteiger partial charge in [-0.1, -0.05) is 12.1 Å². The first-order valence-corrected chi connectivity index (χ1v) is 13.9. The summed E-state index contributed by atoms with van der Waals surface area (Å²) in [4.78, 5) is 13.5. The molecule has 1 atom stereocenters. The normalized spacial score (nSPS) is 19.4. The van der Waals surface area contributed by atoms with Gasteiger partial charge in [0.05, 0.1) is 10.4 Å². The molecule has 0 aliphatic heterocycles. The fourth-order valence-corrected chi connectivity index (χ4v) is 5.68. The fourth-order valence-electron chi connectivity index (χ4n) is 4.33. The third-order valence-corrected chi connectivity index (χ3v) is 8.17. The predicted octanol–water partition coefficient (Wildman–Crippen LogP) is 4.95. The zero-order valence-electron chi connectivity index (χ0n) is 19.6. The summed E-state index contributed by atoms with van der Waals surface area (Å²) in [5, 5.41) is 4.55. The molecule has 1 unspecified atom stereocenters. The van der Waals surface area contributed by atoms with E-state index in [1.165, 1.54) is 17.7 Å². The quantitative estimate of drug-likeness (QED) is 0.420. The number of aromatic nitrogens is 2. The third kappa shape index (κ3) is 6.25. The van der Waals surface area contributed by atoms with Crippen LogP contribution < -0.4 is 14.9 Å². The Balaban J connectivity index is 1.24. The number of thioether (sulfide) groups is 1. The van der Waals surface area contributed by atoms with E-state index >= 15 is 0 Å². The monoisotopic (exact) mass is 483 g/mol. The second-order valence-electron chi connectivity index (χ2n) is 8.84. The summed E-state index contributed by atoms with van der Waals surface area (Å²) in [6.45, 7) is 1.69. The van der Waals surface area contributed by atoms with Gasteiger partial charge in [-0.25, -0.2) is 13.9 Å². The minimum Gasteiger partial charge on any atom is -0.362 e. The molecule has 8 heteroatoms. The second-order valence-corrected chi connectivity index (χ2v) is 11.0. The molecule has 1 heterocycles. The van der Waals surface area contributed by atoms with Gasteiger partial charge in [0, 0.05) is 37.5 Å². The molecule has 1 fully saturated rings. The molecule has 6 nitrogen and oxygen atoms in total. The Hall–Kier alpha value is -2.16. The van der Waals surface area contributed by atoms with Crippen LogP contribution in [0, 0.1) is 11.8 Å². The first kappa shape index (κ1) is 24.0. The smallest absolute Gasteiger partial charge is 0.225 e. The number of fused-ring (bicyclic) bond motifs is 1. The first-order valence-electron chi connectivity index (χ1n) is 11.5. The van der Waals surface area contributed by atoms with Crippen LogP contribution in [0.25, 0.3) is 10.9 Å². The van der Waals surface area contributed by atoms with Gasteiger partial charge in [-0.05, 0) is 80.2 Å². The highest BCUT2D eigenvalue weighted by Gasteiger charge is 2.22. The molecule has 3 aromatic rings. The maximum absolute atomic E-state index is 12.5. The van der Waals surface area contributed by atoms with E-state index in [2.05, 4.69) is 16.1 Å². The van der Waals surface area contributed by atoms with Crippen molar-refractivity contribution in [2.75, 3.05) is 43.7 Å². The minimum atomic E-state index is -1.14. The summed E-state index contributed by atoms with van der Waals surface area (Å²) in [5.41, 5.74) is 0.963. The van der Waals surface area contributed by atoms with E-state index in [1.807, 2.05) is 67.7 Å². The molecule has 33 heavy (non-hydrogen) atoms. The molecular weight excluding hydrogens is 450 g/mol. The molecule has 2 N–H and O–H groups in total. The van der Waals surface area contributed by atoms with Gasteiger partial charge in [-0.15, -0.1) is 11.8 Å². The number of nitrogens with zero attached hydrogens (tertiary/aromatic N) is 3. The van der Waals surface area contributed by atoms with Crippen LogP contribution in [0.2, 0.25) is 0 Å². The molecule has 0 bridgehead atoms. The van der Waals surface area contributed by atoms with Crippen LogP contribution in [0.15, 0.2) is 58.3 Å². The van der Waals surface area contributed by atoms with Crippen LogP contribution in [-0.2, 0) is 11.0 Å². The largest absolute Gasteiger partial charge is 0.362 e. The van der Waals surface area contributed by atoms with Gasteiger partial charge in [0.15, 0.2) is 0 Å². The van der Waals surface area contributed by atoms with Crippen LogP contribution in [0.4, 0.5) is 11.8 Å². The van der Waals surface area contributed by atoms with E-state index in [0.29, 0.717) is 17.8 Å². The fraction of sp³-hybridized carbons (Fsp3) is 0.440. The van der Waals surface area contributed by atoms with Crippen molar-refractivity contribution >= 4 is 45.4 Å². The van der Waals surface area contributed by atoms with Crippen molar-refractivity contribution < 1.29 is 4.21 Å². The van der Waals surface area contributed by atoms with Crippen LogP contribution in [0.1, 0.15) is 25.7 Å². The third-order valence-electron chi connectivity index (χ3n) is 6.30. The molecule has 1 aromatic heterocycles. The van der Waals surface area contributed by atoms with Crippen molar-refractivity contribution in [2.24, 2.45) is 11.8 Å². The van der Waals surface area contributed by atoms with E-state index in [-0.39, 0.29) is 0 Å². The average molecular weight is 484 g/mol. The lowest BCUT2D eigenvalue weighted by molar-refractivity contribution is 0.285. The van der Waals surface area contributed by atoms with Gasteiger partial charge in [0.25, 0.3) is 0 Å². The summed E-state index contributed by atoms with van der Waals surface area (Å²) in [6, 6.07) is 16.1. The van der Waals surface area contributed by atoms with Gasteiger partial charge in [0.1, 0.15) is 16.8 Å². The number of rotatable bonds is 9. The highest BCUT2D eigenvalue weighted by Crippen LogP contribution is 2.29. The number of hydrogen-bond donors (Lipinski definition) is 2. The van der Waals surface area contributed by atoms with Crippen LogP contribution in [0.3, 0.4) is 0 Å². The van der Waals surface area contributed by atoms with Crippen molar-refractivity contribution in [2.45, 2.75) is 35.5 Å². The second kappa shape index (κ2) is 11.3. The summed E-state index contributed by atoms with van der Waals surface area (Å²) < 4.78 is 15.8. The zero-order valence-corrected chi connectivity index (χ0v) is 21.2. The lowest BCUT2D eigenvalue weighted by Gasteiger charge is -2.28. The SMILES string of the molecule is CSc1ccc(S(=O)NCC2CCC(CNc3nc(N(C)C)c4ccccc4n3)CC2)cc1. The van der Waals surface area contributed by atoms with Crippen molar-refractivity contribution in [3.63, 3.8) is 0 Å². The van der Waals surface area contributed by atoms with E-state index < -0.39 is 11.0 Å². The molecule has 2 aromatic carbocycles. The van der Waals surface area contributed by atoms with Gasteiger partial charge in [0.2, 0.25) is 5.95 Å². The van der Waals surface area contributed by atoms with Gasteiger partial charge in [-0.2, -0.15) is 4.98 Å². The minimum absolute atomic E-state index is 0.577. The van der Waals surface area contributed by atoms with Gasteiger partial charge < -0.3 is 10.2 Å². The molecule has 1 saturated carbocycles. The molecule has 1 aliphatic rings. The Morgan fingerprint density at radius 3 is 2.30 bits per heavy atom. The zero-order chi connectivity index (χ0) is 23.2. The molecule has 0 radical (unpaired) electrons. The molecule has 176 valence electrons. The number of para-hydroxylation sites is 1. The van der Waals surface area contributed by atoms with Crippen LogP contribution >= 0.6 is 11.8 Å². The lowest BCUT2D eigenvalue weighted by Crippen LogP contribution is -2.29. The van der Waals surface area contributed by atoms with Crippen LogP contribution in [0.5, 0.6) is 0 Å². The first-order chi connectivity index (χ1) is 16.0. The molecule has 4 rings (SSSR count). The van der Waals surface area contributed by atoms with Crippen LogP contribution in [-0.4, -0.2) is 47.6 Å². The molecule has 1 aliphatic carbocycles. The van der Waals surface area contributed by atoms with Gasteiger partial charge in [-0.3, -0.25) is 0 Å². The highest BCUT2D eigenvalue weighted by atomic mass is 32.2. The van der Waals surface area contributed by atoms with Crippen molar-refractivity contribution in [3.05, 3.63) is 48.5 Å². The van der Waals surface area contributed by atoms with Crippen molar-refractivity contribution in [1.82, 2.24) is 14.7 Å². The Morgan fingerprint density at radius 1 is 0.970 bits per heavy atom. The van der Waals surface area contributed by atoms with Crippen molar-refractivity contribution in [1.29, 1.82) is 0 Å². The number of nitrogens with one attached hydrogen (secondary N) is 2. The maximum Gasteiger partial charge on any atom is 0.225 e. The van der Waals surface area contributed by atoms with Gasteiger partial charge >= 0.3 is 0 Å². The van der Waals surface area contributed by atoms with E-state index in [4.69, 9.17) is 9.97 Å². The van der Waals surface area contributed by atoms with Crippen molar-refractivity contribution in [3.8, 4) is 0 Å². The highest BCUT2D eigenvalue weighted by molar-refractivity contribution is 7.98. The Bertz CT molecular complexity index is 1080. The number of hydrogen-bond acceptors (Lipinski definition) is 6. The average Bonchev–Trinajstić information content (AvgIpc) is 2.86. The molecule has 0 saturated heterocycles. The Labute approximate surface area is 203 Å². The molecular formula is C25H33N5OS2. The topological polar surface area (TPSA) is 70.2 Å². The lowest BCUT2D eigenvalue weighted by atomic mass is 9.82.